The van der Waals surface area contributed by atoms with Gasteiger partial charge in [-0.1, -0.05) is 42.5 Å². The highest BCUT2D eigenvalue weighted by Gasteiger charge is 2.15. The van der Waals surface area contributed by atoms with Crippen molar-refractivity contribution in [3.63, 3.8) is 0 Å². The van der Waals surface area contributed by atoms with Crippen LogP contribution >= 0.6 is 0 Å². The molecule has 0 saturated heterocycles. The number of carbonyl (C=O) groups excluding carboxylic acids is 1. The Morgan fingerprint density at radius 2 is 1.60 bits per heavy atom. The lowest BCUT2D eigenvalue weighted by Crippen LogP contribution is -2.02. The smallest absolute Gasteiger partial charge is 0.339 e. The van der Waals surface area contributed by atoms with Crippen molar-refractivity contribution in [3.05, 3.63) is 77.5 Å². The molecular weight excluding hydrogens is 322 g/mol. The number of aromatic nitrogens is 1. The van der Waals surface area contributed by atoms with Gasteiger partial charge in [0.1, 0.15) is 22.5 Å². The maximum Gasteiger partial charge on any atom is 0.339 e. The number of carboxylic acids is 1. The number of pyridine rings is 1. The molecule has 0 fully saturated rings. The molecule has 2 aromatic carbocycles. The van der Waals surface area contributed by atoms with Crippen LogP contribution in [-0.2, 0) is 0 Å². The van der Waals surface area contributed by atoms with E-state index >= 15 is 0 Å². The van der Waals surface area contributed by atoms with Gasteiger partial charge in [-0.25, -0.2) is 9.78 Å². The summed E-state index contributed by atoms with van der Waals surface area (Å²) in [5, 5.41) is 29.6. The number of carboxylic acid groups (broad SMARTS) is 1. The van der Waals surface area contributed by atoms with Crippen LogP contribution in [0.5, 0.6) is 5.75 Å². The van der Waals surface area contributed by atoms with Crippen molar-refractivity contribution in [2.45, 2.75) is 0 Å². The number of hydrogen-bond acceptors (Lipinski definition) is 5. The zero-order valence-corrected chi connectivity index (χ0v) is 12.9. The van der Waals surface area contributed by atoms with E-state index in [2.05, 4.69) is 4.98 Å². The van der Waals surface area contributed by atoms with E-state index in [9.17, 15) is 19.8 Å². The summed E-state index contributed by atoms with van der Waals surface area (Å²) in [6.45, 7) is 0. The molecule has 0 aliphatic heterocycles. The van der Waals surface area contributed by atoms with Gasteiger partial charge < -0.3 is 15.3 Å². The molecule has 3 aromatic rings. The largest absolute Gasteiger partial charge is 0.507 e. The molecule has 1 aromatic heterocycles. The Bertz CT molecular complexity index is 1010. The summed E-state index contributed by atoms with van der Waals surface area (Å²) in [7, 11) is 0. The number of phenols is 1. The van der Waals surface area contributed by atoms with E-state index in [1.54, 1.807) is 36.4 Å². The van der Waals surface area contributed by atoms with Gasteiger partial charge in [0.25, 0.3) is 0 Å². The Balaban J connectivity index is 2.02. The van der Waals surface area contributed by atoms with Crippen molar-refractivity contribution >= 4 is 28.4 Å². The summed E-state index contributed by atoms with van der Waals surface area (Å²) in [4.78, 5) is 27.4. The molecule has 0 amide bonds. The molecule has 6 nitrogen and oxygen atoms in total. The van der Waals surface area contributed by atoms with Crippen LogP contribution in [0.1, 0.15) is 26.4 Å². The van der Waals surface area contributed by atoms with Gasteiger partial charge in [0.05, 0.1) is 0 Å². The third-order valence-corrected chi connectivity index (χ3v) is 3.66. The fourth-order valence-corrected chi connectivity index (χ4v) is 2.37. The number of allylic oxidation sites excluding steroid dienone is 1. The van der Waals surface area contributed by atoms with Gasteiger partial charge in [-0.2, -0.15) is 0 Å². The van der Waals surface area contributed by atoms with Gasteiger partial charge in [-0.15, -0.1) is 0 Å². The Hall–Kier alpha value is -3.67. The monoisotopic (exact) mass is 335 g/mol. The van der Waals surface area contributed by atoms with Gasteiger partial charge in [-0.3, -0.25) is 4.79 Å². The lowest BCUT2D eigenvalue weighted by Gasteiger charge is -2.05. The molecule has 0 radical (unpaired) electrons. The van der Waals surface area contributed by atoms with Crippen molar-refractivity contribution in [3.8, 4) is 5.75 Å². The van der Waals surface area contributed by atoms with E-state index in [-0.39, 0.29) is 22.5 Å². The van der Waals surface area contributed by atoms with E-state index in [4.69, 9.17) is 5.11 Å². The number of aromatic carboxylic acids is 1. The van der Waals surface area contributed by atoms with E-state index in [1.165, 1.54) is 18.2 Å². The first-order valence-electron chi connectivity index (χ1n) is 7.34. The predicted octanol–water partition coefficient (Wildman–Crippen LogP) is 3.42. The number of benzene rings is 2. The summed E-state index contributed by atoms with van der Waals surface area (Å²) in [5.74, 6) is -2.57. The van der Waals surface area contributed by atoms with E-state index in [0.717, 1.165) is 6.08 Å². The highest BCUT2D eigenvalue weighted by molar-refractivity contribution is 6.08. The number of aliphatic hydroxyl groups is 1. The van der Waals surface area contributed by atoms with Gasteiger partial charge in [0.15, 0.2) is 5.75 Å². The predicted molar refractivity (Wildman–Crippen MR) is 91.7 cm³/mol. The third-order valence-electron chi connectivity index (χ3n) is 3.66. The van der Waals surface area contributed by atoms with Crippen LogP contribution in [0, 0.1) is 0 Å². The average molecular weight is 335 g/mol. The summed E-state index contributed by atoms with van der Waals surface area (Å²) < 4.78 is 0. The number of ketones is 1. The second-order valence-corrected chi connectivity index (χ2v) is 5.29. The van der Waals surface area contributed by atoms with Gasteiger partial charge in [0, 0.05) is 17.0 Å². The van der Waals surface area contributed by atoms with Crippen LogP contribution in [0.15, 0.2) is 60.7 Å². The number of carbonyl (C=O) groups is 2. The van der Waals surface area contributed by atoms with Crippen LogP contribution < -0.4 is 0 Å². The summed E-state index contributed by atoms with van der Waals surface area (Å²) >= 11 is 0. The SMILES string of the molecule is O=C(/C=C(\O)c1ccccc1)c1ccc2ccc(C(=O)O)c(O)c2n1. The van der Waals surface area contributed by atoms with E-state index in [0.29, 0.717) is 10.9 Å². The summed E-state index contributed by atoms with van der Waals surface area (Å²) in [5.41, 5.74) is 0.172. The molecule has 0 bridgehead atoms. The number of rotatable bonds is 4. The molecule has 3 N–H and O–H groups in total. The molecular formula is C19H13NO5. The second-order valence-electron chi connectivity index (χ2n) is 5.29. The topological polar surface area (TPSA) is 108 Å². The molecule has 0 aliphatic carbocycles. The lowest BCUT2D eigenvalue weighted by molar-refractivity contribution is 0.0694. The first-order chi connectivity index (χ1) is 12.0. The Morgan fingerprint density at radius 1 is 0.920 bits per heavy atom. The van der Waals surface area contributed by atoms with Crippen molar-refractivity contribution in [1.29, 1.82) is 0 Å². The Morgan fingerprint density at radius 3 is 2.28 bits per heavy atom. The molecule has 0 aliphatic rings. The normalized spacial score (nSPS) is 11.4. The second kappa shape index (κ2) is 6.45. The van der Waals surface area contributed by atoms with Crippen LogP contribution in [0.25, 0.3) is 16.7 Å². The minimum atomic E-state index is -1.29. The Kier molecular flexibility index (Phi) is 4.18. The number of aromatic hydroxyl groups is 1. The minimum absolute atomic E-state index is 0.0124. The first kappa shape index (κ1) is 16.2. The average Bonchev–Trinajstić information content (AvgIpc) is 2.62. The van der Waals surface area contributed by atoms with Gasteiger partial charge >= 0.3 is 5.97 Å². The minimum Gasteiger partial charge on any atom is -0.507 e. The van der Waals surface area contributed by atoms with Crippen LogP contribution in [0.4, 0.5) is 0 Å². The lowest BCUT2D eigenvalue weighted by atomic mass is 10.1. The zero-order valence-electron chi connectivity index (χ0n) is 12.9. The van der Waals surface area contributed by atoms with Crippen LogP contribution in [0.3, 0.4) is 0 Å². The highest BCUT2D eigenvalue weighted by atomic mass is 16.4. The maximum atomic E-state index is 12.3. The molecule has 0 spiro atoms. The fourth-order valence-electron chi connectivity index (χ4n) is 2.37. The molecule has 0 saturated carbocycles. The summed E-state index contributed by atoms with van der Waals surface area (Å²) in [6, 6.07) is 14.3. The van der Waals surface area contributed by atoms with E-state index in [1.807, 2.05) is 0 Å². The molecule has 124 valence electrons. The van der Waals surface area contributed by atoms with Crippen molar-refractivity contribution < 1.29 is 24.9 Å². The molecule has 0 atom stereocenters. The quantitative estimate of drug-likeness (QED) is 0.383. The molecule has 6 heteroatoms. The summed E-state index contributed by atoms with van der Waals surface area (Å²) in [6.07, 6.45) is 1.03. The van der Waals surface area contributed by atoms with Crippen LogP contribution in [-0.4, -0.2) is 32.1 Å². The van der Waals surface area contributed by atoms with Crippen molar-refractivity contribution in [2.75, 3.05) is 0 Å². The molecule has 25 heavy (non-hydrogen) atoms. The van der Waals surface area contributed by atoms with Gasteiger partial charge in [0.2, 0.25) is 5.78 Å². The number of aliphatic hydroxyl groups excluding tert-OH is 1. The first-order valence-corrected chi connectivity index (χ1v) is 7.34. The highest BCUT2D eigenvalue weighted by Crippen LogP contribution is 2.27. The zero-order chi connectivity index (χ0) is 18.0. The standard InChI is InChI=1S/C19H13NO5/c21-15(11-4-2-1-3-5-11)10-16(22)14-9-7-12-6-8-13(19(24)25)18(23)17(12)20-14/h1-10,21,23H,(H,24,25)/b15-10-. The molecule has 0 unspecified atom stereocenters. The third kappa shape index (κ3) is 3.18. The van der Waals surface area contributed by atoms with E-state index < -0.39 is 17.5 Å². The molecule has 3 rings (SSSR count). The van der Waals surface area contributed by atoms with Crippen molar-refractivity contribution in [2.24, 2.45) is 0 Å². The Labute approximate surface area is 142 Å². The van der Waals surface area contributed by atoms with Crippen LogP contribution in [0.2, 0.25) is 0 Å². The maximum absolute atomic E-state index is 12.3. The number of nitrogens with zero attached hydrogens (tertiary/aromatic N) is 1. The molecule has 1 heterocycles. The number of fused-ring (bicyclic) bond motifs is 1. The number of hydrogen-bond donors (Lipinski definition) is 3. The van der Waals surface area contributed by atoms with Gasteiger partial charge in [-0.05, 0) is 12.1 Å². The fraction of sp³-hybridized carbons (Fsp3) is 0. The van der Waals surface area contributed by atoms with Crippen molar-refractivity contribution in [1.82, 2.24) is 4.98 Å².